The molecule has 1 aliphatic heterocycles. The molecule has 1 fully saturated rings. The van der Waals surface area contributed by atoms with E-state index in [2.05, 4.69) is 19.4 Å². The highest BCUT2D eigenvalue weighted by Crippen LogP contribution is 2.33. The van der Waals surface area contributed by atoms with E-state index in [0.717, 1.165) is 18.8 Å². The highest BCUT2D eigenvalue weighted by molar-refractivity contribution is 7.88. The SMILES string of the molecule is CCn1ccnc1[C@@H]1OCC[C@H]1CNS(=O)(=O)Cc1ccon1. The Balaban J connectivity index is 1.63. The number of nitrogens with zero attached hydrogens (tertiary/aromatic N) is 3. The van der Waals surface area contributed by atoms with Gasteiger partial charge in [0.2, 0.25) is 10.0 Å². The van der Waals surface area contributed by atoms with Gasteiger partial charge in [-0.05, 0) is 13.3 Å². The largest absolute Gasteiger partial charge is 0.370 e. The van der Waals surface area contributed by atoms with Crippen LogP contribution in [0.15, 0.2) is 29.2 Å². The number of aromatic nitrogens is 3. The fourth-order valence-corrected chi connectivity index (χ4v) is 3.87. The molecule has 23 heavy (non-hydrogen) atoms. The number of sulfonamides is 1. The third-order valence-electron chi connectivity index (χ3n) is 3.95. The molecular formula is C14H20N4O4S. The molecule has 0 spiro atoms. The molecule has 0 bridgehead atoms. The van der Waals surface area contributed by atoms with E-state index in [1.165, 1.54) is 6.26 Å². The summed E-state index contributed by atoms with van der Waals surface area (Å²) in [4.78, 5) is 4.36. The molecule has 0 unspecified atom stereocenters. The third kappa shape index (κ3) is 3.80. The van der Waals surface area contributed by atoms with Crippen molar-refractivity contribution in [2.24, 2.45) is 5.92 Å². The zero-order valence-corrected chi connectivity index (χ0v) is 13.7. The molecule has 0 saturated carbocycles. The van der Waals surface area contributed by atoms with E-state index in [1.807, 2.05) is 17.7 Å². The number of hydrogen-bond donors (Lipinski definition) is 1. The second-order valence-electron chi connectivity index (χ2n) is 5.51. The summed E-state index contributed by atoms with van der Waals surface area (Å²) in [6, 6.07) is 1.54. The second kappa shape index (κ2) is 6.81. The van der Waals surface area contributed by atoms with Crippen molar-refractivity contribution in [1.29, 1.82) is 0 Å². The normalized spacial score (nSPS) is 21.8. The average molecular weight is 340 g/mol. The Bertz CT molecular complexity index is 726. The van der Waals surface area contributed by atoms with Crippen LogP contribution in [0.4, 0.5) is 0 Å². The molecule has 0 aliphatic carbocycles. The first-order chi connectivity index (χ1) is 11.1. The number of hydrogen-bond acceptors (Lipinski definition) is 6. The van der Waals surface area contributed by atoms with Crippen molar-refractivity contribution in [3.05, 3.63) is 36.2 Å². The summed E-state index contributed by atoms with van der Waals surface area (Å²) in [6.45, 7) is 3.77. The number of aryl methyl sites for hydroxylation is 1. The lowest BCUT2D eigenvalue weighted by molar-refractivity contribution is 0.0816. The van der Waals surface area contributed by atoms with Crippen molar-refractivity contribution in [2.75, 3.05) is 13.2 Å². The first-order valence-electron chi connectivity index (χ1n) is 7.58. The van der Waals surface area contributed by atoms with Gasteiger partial charge in [0.25, 0.3) is 0 Å². The van der Waals surface area contributed by atoms with Gasteiger partial charge < -0.3 is 13.8 Å². The predicted molar refractivity (Wildman–Crippen MR) is 81.8 cm³/mol. The zero-order valence-electron chi connectivity index (χ0n) is 12.9. The lowest BCUT2D eigenvalue weighted by atomic mass is 10.0. The lowest BCUT2D eigenvalue weighted by Crippen LogP contribution is -2.32. The Labute approximate surface area is 134 Å². The Hall–Kier alpha value is -1.71. The second-order valence-corrected chi connectivity index (χ2v) is 7.32. The average Bonchev–Trinajstić information content (AvgIpc) is 3.25. The van der Waals surface area contributed by atoms with Gasteiger partial charge in [-0.25, -0.2) is 18.1 Å². The van der Waals surface area contributed by atoms with Crippen LogP contribution in [-0.4, -0.2) is 36.3 Å². The summed E-state index contributed by atoms with van der Waals surface area (Å²) in [5.74, 6) is 0.728. The molecule has 3 heterocycles. The van der Waals surface area contributed by atoms with Crippen molar-refractivity contribution in [1.82, 2.24) is 19.4 Å². The van der Waals surface area contributed by atoms with E-state index in [-0.39, 0.29) is 17.8 Å². The summed E-state index contributed by atoms with van der Waals surface area (Å²) in [6.07, 6.45) is 5.62. The van der Waals surface area contributed by atoms with Crippen molar-refractivity contribution in [2.45, 2.75) is 31.7 Å². The molecule has 3 rings (SSSR count). The van der Waals surface area contributed by atoms with Crippen LogP contribution < -0.4 is 4.72 Å². The molecule has 2 atom stereocenters. The highest BCUT2D eigenvalue weighted by atomic mass is 32.2. The predicted octanol–water partition coefficient (Wildman–Crippen LogP) is 1.09. The van der Waals surface area contributed by atoms with Crippen molar-refractivity contribution in [3.8, 4) is 0 Å². The van der Waals surface area contributed by atoms with Crippen LogP contribution in [0.5, 0.6) is 0 Å². The molecule has 1 saturated heterocycles. The van der Waals surface area contributed by atoms with Crippen LogP contribution in [-0.2, 0) is 27.1 Å². The van der Waals surface area contributed by atoms with Gasteiger partial charge >= 0.3 is 0 Å². The van der Waals surface area contributed by atoms with E-state index in [9.17, 15) is 8.42 Å². The van der Waals surface area contributed by atoms with E-state index in [1.54, 1.807) is 12.3 Å². The van der Waals surface area contributed by atoms with Gasteiger partial charge in [-0.2, -0.15) is 0 Å². The van der Waals surface area contributed by atoms with E-state index in [0.29, 0.717) is 18.8 Å². The number of rotatable bonds is 7. The minimum atomic E-state index is -3.46. The zero-order chi connectivity index (χ0) is 16.3. The molecule has 0 amide bonds. The molecule has 0 radical (unpaired) electrons. The molecule has 9 heteroatoms. The minimum Gasteiger partial charge on any atom is -0.370 e. The summed E-state index contributed by atoms with van der Waals surface area (Å²) in [5, 5.41) is 3.63. The van der Waals surface area contributed by atoms with Crippen molar-refractivity contribution in [3.63, 3.8) is 0 Å². The van der Waals surface area contributed by atoms with Crippen LogP contribution in [0.3, 0.4) is 0 Å². The van der Waals surface area contributed by atoms with Crippen LogP contribution >= 0.6 is 0 Å². The van der Waals surface area contributed by atoms with Gasteiger partial charge in [-0.15, -0.1) is 0 Å². The fraction of sp³-hybridized carbons (Fsp3) is 0.571. The van der Waals surface area contributed by atoms with E-state index in [4.69, 9.17) is 4.74 Å². The molecular weight excluding hydrogens is 320 g/mol. The maximum absolute atomic E-state index is 12.1. The van der Waals surface area contributed by atoms with E-state index < -0.39 is 10.0 Å². The highest BCUT2D eigenvalue weighted by Gasteiger charge is 2.33. The Morgan fingerprint density at radius 2 is 2.35 bits per heavy atom. The molecule has 126 valence electrons. The summed E-state index contributed by atoms with van der Waals surface area (Å²) in [7, 11) is -3.46. The van der Waals surface area contributed by atoms with E-state index >= 15 is 0 Å². The first-order valence-corrected chi connectivity index (χ1v) is 9.23. The quantitative estimate of drug-likeness (QED) is 0.810. The monoisotopic (exact) mass is 340 g/mol. The summed E-state index contributed by atoms with van der Waals surface area (Å²) in [5.41, 5.74) is 0.387. The van der Waals surface area contributed by atoms with Crippen molar-refractivity contribution >= 4 is 10.0 Å². The van der Waals surface area contributed by atoms with Gasteiger partial charge in [0.15, 0.2) is 0 Å². The van der Waals surface area contributed by atoms with Gasteiger partial charge in [-0.1, -0.05) is 5.16 Å². The smallest absolute Gasteiger partial charge is 0.217 e. The molecule has 8 nitrogen and oxygen atoms in total. The van der Waals surface area contributed by atoms with Crippen LogP contribution in [0.2, 0.25) is 0 Å². The number of nitrogens with one attached hydrogen (secondary N) is 1. The van der Waals surface area contributed by atoms with Gasteiger partial charge in [0, 0.05) is 44.1 Å². The Morgan fingerprint density at radius 3 is 3.09 bits per heavy atom. The third-order valence-corrected chi connectivity index (χ3v) is 5.23. The molecule has 1 aliphatic rings. The number of ether oxygens (including phenoxy) is 1. The van der Waals surface area contributed by atoms with Crippen LogP contribution in [0.25, 0.3) is 0 Å². The first kappa shape index (κ1) is 16.2. The Kier molecular flexibility index (Phi) is 4.79. The van der Waals surface area contributed by atoms with Gasteiger partial charge in [0.05, 0.1) is 5.69 Å². The molecule has 2 aromatic heterocycles. The summed E-state index contributed by atoms with van der Waals surface area (Å²) < 4.78 is 39.3. The van der Waals surface area contributed by atoms with Gasteiger partial charge in [-0.3, -0.25) is 0 Å². The number of imidazole rings is 1. The summed E-state index contributed by atoms with van der Waals surface area (Å²) >= 11 is 0. The lowest BCUT2D eigenvalue weighted by Gasteiger charge is -2.19. The maximum Gasteiger partial charge on any atom is 0.217 e. The standard InChI is InChI=1S/C14H20N4O4S/c1-2-18-6-5-15-14(18)13-11(3-7-21-13)9-16-23(19,20)10-12-4-8-22-17-12/h4-6,8,11,13,16H,2-3,7,9-10H2,1H3/t11-,13+/m0/s1. The fourth-order valence-electron chi connectivity index (χ4n) is 2.77. The van der Waals surface area contributed by atoms with Gasteiger partial charge in [0.1, 0.15) is 23.9 Å². The Morgan fingerprint density at radius 1 is 1.48 bits per heavy atom. The minimum absolute atomic E-state index is 0.0646. The van der Waals surface area contributed by atoms with Crippen LogP contribution in [0.1, 0.15) is 31.0 Å². The molecule has 1 N–H and O–H groups in total. The van der Waals surface area contributed by atoms with Crippen LogP contribution in [0, 0.1) is 5.92 Å². The molecule has 0 aromatic carbocycles. The van der Waals surface area contributed by atoms with Crippen molar-refractivity contribution < 1.29 is 17.7 Å². The molecule has 2 aromatic rings. The maximum atomic E-state index is 12.1. The topological polar surface area (TPSA) is 99.2 Å².